The molecule has 330 valence electrons. The van der Waals surface area contributed by atoms with Crippen molar-refractivity contribution in [2.75, 3.05) is 6.61 Å². The van der Waals surface area contributed by atoms with Gasteiger partial charge >= 0.3 is 5.97 Å². The van der Waals surface area contributed by atoms with Crippen molar-refractivity contribution in [3.63, 3.8) is 0 Å². The van der Waals surface area contributed by atoms with Gasteiger partial charge in [0.05, 0.1) is 42.5 Å². The molecule has 13 nitrogen and oxygen atoms in total. The van der Waals surface area contributed by atoms with Crippen molar-refractivity contribution in [2.45, 2.75) is 162 Å². The first-order valence-electron chi connectivity index (χ1n) is 21.3. The second-order valence-electron chi connectivity index (χ2n) is 17.9. The van der Waals surface area contributed by atoms with Gasteiger partial charge in [0.1, 0.15) is 17.5 Å². The van der Waals surface area contributed by atoms with Gasteiger partial charge in [-0.05, 0) is 57.8 Å². The largest absolute Gasteiger partial charge is 0.458 e. The summed E-state index contributed by atoms with van der Waals surface area (Å²) in [5.74, 6) is -10.4. The number of aliphatic hydroxyl groups excluding tert-OH is 5. The summed E-state index contributed by atoms with van der Waals surface area (Å²) in [4.78, 5) is 54.6. The number of carbonyl (C=O) groups excluding carboxylic acids is 4. The second-order valence-corrected chi connectivity index (χ2v) is 17.9. The molecule has 2 bridgehead atoms. The van der Waals surface area contributed by atoms with Crippen LogP contribution in [-0.2, 0) is 33.4 Å². The highest BCUT2D eigenvalue weighted by molar-refractivity contribution is 5.91. The second kappa shape index (κ2) is 21.3. The molecule has 1 spiro atoms. The van der Waals surface area contributed by atoms with Gasteiger partial charge in [-0.25, -0.2) is 4.79 Å². The fourth-order valence-electron chi connectivity index (χ4n) is 8.95. The standard InChI is InChI=1S/C45H72O13/c1-11-32-15-13-12-14-16-33(23-46)43(54)44(10,55)42(53)30(8)40(52)29(7)39(51)28(6)38(50)24(2)17-20-37(49)56-41-27(5)34(19-18-32)57-45(31(41)9)36(48)21-25(3)35(58-45)22-26(4)47/h12-15,17,20,24-35,38,40-41,43,46-47,50,52,54-55H,11,16,18-19,21-23H2,1-10H3/b14-12+,15-13+,20-17+/t24-,25-,26+,27+,28-,29-,30-,31-,32-,33-,34-,35-,38+,40+,41+,43-,44-,45+/m0/s1. The SMILES string of the molecule is CC[C@H]1/C=C/C=C/C[C@@H](CO)[C@H](O)[C@@](C)(O)C(=O)[C@@H](C)[C@H](O)[C@@H](C)C(=O)[C@@H](C)[C@H](O)[C@@H](C)/C=C/C(=O)O[C@@H]2[C@H](C)[C@H](CC1)O[C@@]1(O[C@@H](C[C@@H](C)O)[C@@H](C)CC1=O)[C@H]2C. The molecule has 0 aliphatic carbocycles. The van der Waals surface area contributed by atoms with Gasteiger partial charge in [0, 0.05) is 54.6 Å². The van der Waals surface area contributed by atoms with Crippen molar-refractivity contribution < 1.29 is 64.0 Å². The third-order valence-corrected chi connectivity index (χ3v) is 13.3. The number of ether oxygens (including phenoxy) is 3. The highest BCUT2D eigenvalue weighted by atomic mass is 16.7. The van der Waals surface area contributed by atoms with Crippen LogP contribution in [0.25, 0.3) is 0 Å². The topological polar surface area (TPSA) is 217 Å². The van der Waals surface area contributed by atoms with Crippen molar-refractivity contribution in [1.82, 2.24) is 0 Å². The number of allylic oxidation sites excluding steroid dienone is 4. The summed E-state index contributed by atoms with van der Waals surface area (Å²) in [5.41, 5.74) is -2.37. The van der Waals surface area contributed by atoms with Gasteiger partial charge in [-0.3, -0.25) is 14.4 Å². The van der Waals surface area contributed by atoms with E-state index < -0.39 is 114 Å². The van der Waals surface area contributed by atoms with Crippen LogP contribution in [0.2, 0.25) is 0 Å². The molecule has 3 rings (SSSR count). The third kappa shape index (κ3) is 11.4. The maximum absolute atomic E-state index is 14.0. The molecule has 18 atom stereocenters. The first-order valence-corrected chi connectivity index (χ1v) is 21.3. The van der Waals surface area contributed by atoms with Gasteiger partial charge in [-0.2, -0.15) is 0 Å². The molecular formula is C45H72O13. The van der Waals surface area contributed by atoms with E-state index in [0.29, 0.717) is 19.3 Å². The molecule has 0 unspecified atom stereocenters. The maximum Gasteiger partial charge on any atom is 0.330 e. The normalized spacial score (nSPS) is 45.6. The molecule has 6 N–H and O–H groups in total. The van der Waals surface area contributed by atoms with Crippen molar-refractivity contribution in [1.29, 1.82) is 0 Å². The molecule has 58 heavy (non-hydrogen) atoms. The van der Waals surface area contributed by atoms with E-state index in [0.717, 1.165) is 13.3 Å². The lowest BCUT2D eigenvalue weighted by molar-refractivity contribution is -0.344. The Labute approximate surface area is 344 Å². The average molecular weight is 821 g/mol. The molecule has 2 fully saturated rings. The Morgan fingerprint density at radius 3 is 2.12 bits per heavy atom. The average Bonchev–Trinajstić information content (AvgIpc) is 3.18. The van der Waals surface area contributed by atoms with Crippen LogP contribution in [-0.4, -0.2) is 115 Å². The fraction of sp³-hybridized carbons (Fsp3) is 0.778. The van der Waals surface area contributed by atoms with Gasteiger partial charge in [-0.1, -0.05) is 85.8 Å². The summed E-state index contributed by atoms with van der Waals surface area (Å²) in [6.07, 6.45) is 5.39. The lowest BCUT2D eigenvalue weighted by Crippen LogP contribution is -2.66. The number of carbonyl (C=O) groups is 4. The number of ketones is 3. The van der Waals surface area contributed by atoms with Crippen LogP contribution in [0.1, 0.15) is 108 Å². The molecule has 0 aromatic rings. The molecule has 3 heterocycles. The van der Waals surface area contributed by atoms with E-state index in [2.05, 4.69) is 0 Å². The molecule has 3 aliphatic rings. The van der Waals surface area contributed by atoms with Crippen LogP contribution in [0.4, 0.5) is 0 Å². The smallest absolute Gasteiger partial charge is 0.330 e. The third-order valence-electron chi connectivity index (χ3n) is 13.3. The number of Topliss-reactive ketones (excluding diaryl/α,β-unsaturated/α-hetero) is 3. The van der Waals surface area contributed by atoms with Crippen LogP contribution in [0.15, 0.2) is 36.5 Å². The zero-order valence-electron chi connectivity index (χ0n) is 36.2. The highest BCUT2D eigenvalue weighted by Gasteiger charge is 2.61. The van der Waals surface area contributed by atoms with Gasteiger partial charge in [-0.15, -0.1) is 0 Å². The Kier molecular flexibility index (Phi) is 18.2. The van der Waals surface area contributed by atoms with Gasteiger partial charge < -0.3 is 44.8 Å². The maximum atomic E-state index is 14.0. The van der Waals surface area contributed by atoms with E-state index in [4.69, 9.17) is 14.2 Å². The molecular weight excluding hydrogens is 748 g/mol. The monoisotopic (exact) mass is 820 g/mol. The Morgan fingerprint density at radius 1 is 0.879 bits per heavy atom. The van der Waals surface area contributed by atoms with Gasteiger partial charge in [0.2, 0.25) is 5.79 Å². The van der Waals surface area contributed by atoms with Gasteiger partial charge in [0.15, 0.2) is 11.6 Å². The molecule has 0 saturated carbocycles. The van der Waals surface area contributed by atoms with Crippen molar-refractivity contribution in [2.24, 2.45) is 53.3 Å². The highest BCUT2D eigenvalue weighted by Crippen LogP contribution is 2.47. The Bertz CT molecular complexity index is 1490. The minimum absolute atomic E-state index is 0.0827. The molecule has 3 aliphatic heterocycles. The molecule has 0 aromatic carbocycles. The van der Waals surface area contributed by atoms with Gasteiger partial charge in [0.25, 0.3) is 0 Å². The zero-order valence-corrected chi connectivity index (χ0v) is 36.2. The number of hydrogen-bond donors (Lipinski definition) is 6. The Hall–Kier alpha value is -2.62. The van der Waals surface area contributed by atoms with Crippen molar-refractivity contribution in [3.8, 4) is 0 Å². The van der Waals surface area contributed by atoms with E-state index in [1.807, 2.05) is 32.9 Å². The molecule has 13 heteroatoms. The van der Waals surface area contributed by atoms with Crippen LogP contribution in [0.5, 0.6) is 0 Å². The van der Waals surface area contributed by atoms with Crippen LogP contribution < -0.4 is 0 Å². The van der Waals surface area contributed by atoms with Crippen molar-refractivity contribution >= 4 is 23.3 Å². The molecule has 0 amide bonds. The summed E-state index contributed by atoms with van der Waals surface area (Å²) >= 11 is 0. The van der Waals surface area contributed by atoms with E-state index >= 15 is 0 Å². The van der Waals surface area contributed by atoms with Crippen molar-refractivity contribution in [3.05, 3.63) is 36.5 Å². The number of aliphatic hydroxyl groups is 6. The Morgan fingerprint density at radius 2 is 1.52 bits per heavy atom. The lowest BCUT2D eigenvalue weighted by Gasteiger charge is -2.54. The number of rotatable bonds is 4. The lowest BCUT2D eigenvalue weighted by atomic mass is 9.74. The predicted octanol–water partition coefficient (Wildman–Crippen LogP) is 4.03. The van der Waals surface area contributed by atoms with E-state index in [1.54, 1.807) is 32.9 Å². The van der Waals surface area contributed by atoms with E-state index in [1.165, 1.54) is 32.9 Å². The molecule has 0 radical (unpaired) electrons. The summed E-state index contributed by atoms with van der Waals surface area (Å²) in [6, 6.07) is 0. The quantitative estimate of drug-likeness (QED) is 0.221. The first kappa shape index (κ1) is 49.7. The fourth-order valence-corrected chi connectivity index (χ4v) is 8.95. The summed E-state index contributed by atoms with van der Waals surface area (Å²) in [6.45, 7) is 15.8. The predicted molar refractivity (Wildman–Crippen MR) is 217 cm³/mol. The summed E-state index contributed by atoms with van der Waals surface area (Å²) < 4.78 is 19.4. The van der Waals surface area contributed by atoms with Crippen LogP contribution >= 0.6 is 0 Å². The molecule has 0 aromatic heterocycles. The number of hydrogen-bond acceptors (Lipinski definition) is 13. The van der Waals surface area contributed by atoms with E-state index in [-0.39, 0.29) is 36.4 Å². The number of fused-ring (bicyclic) bond motifs is 2. The minimum atomic E-state index is -2.37. The Balaban J connectivity index is 2.04. The zero-order chi connectivity index (χ0) is 43.9. The number of esters is 1. The van der Waals surface area contributed by atoms with Crippen LogP contribution in [0, 0.1) is 53.3 Å². The summed E-state index contributed by atoms with van der Waals surface area (Å²) in [5, 5.41) is 65.2. The molecule has 2 saturated heterocycles. The summed E-state index contributed by atoms with van der Waals surface area (Å²) in [7, 11) is 0. The van der Waals surface area contributed by atoms with E-state index in [9.17, 15) is 49.8 Å². The minimum Gasteiger partial charge on any atom is -0.458 e. The first-order chi connectivity index (χ1) is 27.0. The van der Waals surface area contributed by atoms with Crippen LogP contribution in [0.3, 0.4) is 0 Å².